The second-order valence-corrected chi connectivity index (χ2v) is 12.5. The molecular weight excluding hydrogens is 514 g/mol. The zero-order valence-electron chi connectivity index (χ0n) is 22.6. The van der Waals surface area contributed by atoms with Crippen molar-refractivity contribution >= 4 is 15.9 Å². The van der Waals surface area contributed by atoms with Crippen molar-refractivity contribution in [2.24, 2.45) is 0 Å². The Morgan fingerprint density at radius 3 is 2.54 bits per heavy atom. The van der Waals surface area contributed by atoms with Gasteiger partial charge in [0.15, 0.2) is 0 Å². The van der Waals surface area contributed by atoms with Gasteiger partial charge in [-0.3, -0.25) is 9.78 Å². The van der Waals surface area contributed by atoms with Crippen LogP contribution < -0.4 is 4.74 Å². The maximum absolute atomic E-state index is 13.3. The van der Waals surface area contributed by atoms with E-state index in [1.165, 1.54) is 0 Å². The van der Waals surface area contributed by atoms with Crippen LogP contribution in [0.15, 0.2) is 67.0 Å². The molecule has 3 atom stereocenters. The van der Waals surface area contributed by atoms with Crippen molar-refractivity contribution in [3.8, 4) is 5.75 Å². The maximum Gasteiger partial charge on any atom is 0.254 e. The molecule has 0 saturated carbocycles. The van der Waals surface area contributed by atoms with E-state index in [1.54, 1.807) is 46.9 Å². The highest BCUT2D eigenvalue weighted by molar-refractivity contribution is 7.88. The van der Waals surface area contributed by atoms with Crippen LogP contribution in [0.1, 0.15) is 45.0 Å². The van der Waals surface area contributed by atoms with Crippen LogP contribution in [0.25, 0.3) is 0 Å². The molecule has 2 fully saturated rings. The molecule has 2 aliphatic rings. The molecular formula is C30H35N3O5S. The molecule has 206 valence electrons. The Hall–Kier alpha value is -3.27. The fourth-order valence-corrected chi connectivity index (χ4v) is 7.03. The first kappa shape index (κ1) is 27.3. The van der Waals surface area contributed by atoms with E-state index < -0.39 is 10.0 Å². The van der Waals surface area contributed by atoms with Crippen molar-refractivity contribution in [2.75, 3.05) is 33.3 Å². The number of hydrogen-bond donors (Lipinski definition) is 0. The fraction of sp³-hybridized carbons (Fsp3) is 0.400. The summed E-state index contributed by atoms with van der Waals surface area (Å²) in [6, 6.07) is 17.0. The molecule has 0 spiro atoms. The van der Waals surface area contributed by atoms with Gasteiger partial charge in [0.1, 0.15) is 18.0 Å². The van der Waals surface area contributed by atoms with Gasteiger partial charge in [0.25, 0.3) is 5.91 Å². The van der Waals surface area contributed by atoms with Crippen LogP contribution in [-0.4, -0.2) is 74.0 Å². The SMILES string of the molecule is CO[C@@H]1CN(C(=O)c2cc(C)ccc2C)C[C@H]1Oc1cccc(CS(=O)(=O)N2CCC(c3ccncc3)C2)c1. The molecule has 0 aliphatic carbocycles. The normalized spacial score (nSPS) is 21.8. The van der Waals surface area contributed by atoms with Crippen LogP contribution in [0.5, 0.6) is 5.75 Å². The minimum atomic E-state index is -3.49. The predicted octanol–water partition coefficient (Wildman–Crippen LogP) is 3.94. The Balaban J connectivity index is 1.24. The van der Waals surface area contributed by atoms with E-state index in [-0.39, 0.29) is 29.8 Å². The number of aryl methyl sites for hydroxylation is 2. The summed E-state index contributed by atoms with van der Waals surface area (Å²) in [4.78, 5) is 19.1. The first-order valence-electron chi connectivity index (χ1n) is 13.3. The predicted molar refractivity (Wildman–Crippen MR) is 149 cm³/mol. The standard InChI is InChI=1S/C30H35N3O5S/c1-21-7-8-22(2)27(15-21)30(34)32-18-28(37-3)29(19-32)38-26-6-4-5-23(16-26)20-39(35,36)33-14-11-25(17-33)24-9-12-31-13-10-24/h4-10,12-13,15-16,25,28-29H,11,14,17-20H2,1-3H3/t25?,28-,29-/m1/s1. The summed E-state index contributed by atoms with van der Waals surface area (Å²) >= 11 is 0. The van der Waals surface area contributed by atoms with Crippen LogP contribution >= 0.6 is 0 Å². The first-order chi connectivity index (χ1) is 18.7. The van der Waals surface area contributed by atoms with Crippen molar-refractivity contribution in [3.63, 3.8) is 0 Å². The molecule has 0 N–H and O–H groups in total. The van der Waals surface area contributed by atoms with Crippen molar-refractivity contribution in [1.82, 2.24) is 14.2 Å². The van der Waals surface area contributed by atoms with E-state index in [2.05, 4.69) is 4.98 Å². The Bertz CT molecular complexity index is 1430. The van der Waals surface area contributed by atoms with Gasteiger partial charge in [0, 0.05) is 38.2 Å². The van der Waals surface area contributed by atoms with E-state index >= 15 is 0 Å². The number of amides is 1. The molecule has 0 radical (unpaired) electrons. The van der Waals surface area contributed by atoms with Gasteiger partial charge in [-0.1, -0.05) is 29.8 Å². The highest BCUT2D eigenvalue weighted by Gasteiger charge is 2.38. The number of aromatic nitrogens is 1. The van der Waals surface area contributed by atoms with Crippen LogP contribution in [-0.2, 0) is 20.5 Å². The van der Waals surface area contributed by atoms with E-state index in [0.29, 0.717) is 43.1 Å². The molecule has 2 saturated heterocycles. The van der Waals surface area contributed by atoms with Gasteiger partial charge in [0.2, 0.25) is 10.0 Å². The van der Waals surface area contributed by atoms with E-state index in [1.807, 2.05) is 50.2 Å². The highest BCUT2D eigenvalue weighted by atomic mass is 32.2. The molecule has 1 unspecified atom stereocenters. The quantitative estimate of drug-likeness (QED) is 0.423. The van der Waals surface area contributed by atoms with Crippen LogP contribution in [0.3, 0.4) is 0 Å². The lowest BCUT2D eigenvalue weighted by atomic mass is 10.0. The van der Waals surface area contributed by atoms with Gasteiger partial charge in [-0.2, -0.15) is 0 Å². The molecule has 3 heterocycles. The Morgan fingerprint density at radius 2 is 1.77 bits per heavy atom. The van der Waals surface area contributed by atoms with Crippen molar-refractivity contribution in [2.45, 2.75) is 44.1 Å². The summed E-state index contributed by atoms with van der Waals surface area (Å²) in [5, 5.41) is 0. The van der Waals surface area contributed by atoms with Crippen molar-refractivity contribution in [3.05, 3.63) is 94.8 Å². The molecule has 0 bridgehead atoms. The highest BCUT2D eigenvalue weighted by Crippen LogP contribution is 2.30. The third-order valence-corrected chi connectivity index (χ3v) is 9.50. The van der Waals surface area contributed by atoms with Crippen LogP contribution in [0.2, 0.25) is 0 Å². The van der Waals surface area contributed by atoms with Crippen molar-refractivity contribution < 1.29 is 22.7 Å². The smallest absolute Gasteiger partial charge is 0.254 e. The lowest BCUT2D eigenvalue weighted by Gasteiger charge is -2.20. The molecule has 3 aromatic rings. The minimum Gasteiger partial charge on any atom is -0.486 e. The summed E-state index contributed by atoms with van der Waals surface area (Å²) in [5.41, 5.74) is 4.43. The molecule has 9 heteroatoms. The molecule has 1 aromatic heterocycles. The number of rotatable bonds is 8. The second-order valence-electron chi connectivity index (χ2n) is 10.5. The second kappa shape index (κ2) is 11.5. The monoisotopic (exact) mass is 549 g/mol. The average Bonchev–Trinajstić information content (AvgIpc) is 3.58. The molecule has 39 heavy (non-hydrogen) atoms. The summed E-state index contributed by atoms with van der Waals surface area (Å²) in [6.07, 6.45) is 3.63. The number of pyridine rings is 1. The zero-order valence-corrected chi connectivity index (χ0v) is 23.4. The molecule has 2 aromatic carbocycles. The van der Waals surface area contributed by atoms with Gasteiger partial charge >= 0.3 is 0 Å². The largest absolute Gasteiger partial charge is 0.486 e. The van der Waals surface area contributed by atoms with Gasteiger partial charge < -0.3 is 14.4 Å². The number of carbonyl (C=O) groups excluding carboxylic acids is 1. The lowest BCUT2D eigenvalue weighted by Crippen LogP contribution is -2.32. The Kier molecular flexibility index (Phi) is 8.02. The number of benzene rings is 2. The third kappa shape index (κ3) is 6.16. The number of ether oxygens (including phenoxy) is 2. The van der Waals surface area contributed by atoms with Crippen molar-refractivity contribution in [1.29, 1.82) is 0 Å². The first-order valence-corrected chi connectivity index (χ1v) is 14.9. The molecule has 8 nitrogen and oxygen atoms in total. The zero-order chi connectivity index (χ0) is 27.6. The van der Waals surface area contributed by atoms with E-state index in [9.17, 15) is 13.2 Å². The van der Waals surface area contributed by atoms with Gasteiger partial charge in [-0.25, -0.2) is 12.7 Å². The summed E-state index contributed by atoms with van der Waals surface area (Å²) in [7, 11) is -1.87. The third-order valence-electron chi connectivity index (χ3n) is 7.69. The lowest BCUT2D eigenvalue weighted by molar-refractivity contribution is 0.0339. The van der Waals surface area contributed by atoms with Gasteiger partial charge in [0.05, 0.1) is 18.8 Å². The van der Waals surface area contributed by atoms with Crippen LogP contribution in [0.4, 0.5) is 0 Å². The maximum atomic E-state index is 13.3. The minimum absolute atomic E-state index is 0.0418. The summed E-state index contributed by atoms with van der Waals surface area (Å²) in [5.74, 6) is 0.606. The van der Waals surface area contributed by atoms with E-state index in [0.717, 1.165) is 23.1 Å². The number of hydrogen-bond acceptors (Lipinski definition) is 6. The van der Waals surface area contributed by atoms with Gasteiger partial charge in [-0.05, 0) is 73.2 Å². The number of likely N-dealkylation sites (tertiary alicyclic amines) is 1. The van der Waals surface area contributed by atoms with Gasteiger partial charge in [-0.15, -0.1) is 0 Å². The summed E-state index contributed by atoms with van der Waals surface area (Å²) < 4.78 is 40.0. The number of methoxy groups -OCH3 is 1. The topological polar surface area (TPSA) is 89.0 Å². The Morgan fingerprint density at radius 1 is 1.00 bits per heavy atom. The van der Waals surface area contributed by atoms with E-state index in [4.69, 9.17) is 9.47 Å². The molecule has 2 aliphatic heterocycles. The Labute approximate surface area is 230 Å². The molecule has 1 amide bonds. The fourth-order valence-electron chi connectivity index (χ4n) is 5.46. The molecule has 5 rings (SSSR count). The van der Waals surface area contributed by atoms with Crippen LogP contribution in [0, 0.1) is 13.8 Å². The number of nitrogens with zero attached hydrogens (tertiary/aromatic N) is 3. The average molecular weight is 550 g/mol. The number of carbonyl (C=O) groups is 1. The summed E-state index contributed by atoms with van der Waals surface area (Å²) in [6.45, 7) is 5.70. The number of sulfonamides is 1.